The molecule has 0 radical (unpaired) electrons. The molecule has 7 unspecified atom stereocenters. The van der Waals surface area contributed by atoms with E-state index in [2.05, 4.69) is 20.9 Å². The third-order valence-electron chi connectivity index (χ3n) is 9.61. The molecule has 2 amide bonds. The minimum atomic E-state index is -1.17. The highest BCUT2D eigenvalue weighted by atomic mass is 19.1. The van der Waals surface area contributed by atoms with Crippen LogP contribution in [-0.4, -0.2) is 122 Å². The van der Waals surface area contributed by atoms with E-state index in [1.165, 1.54) is 0 Å². The predicted molar refractivity (Wildman–Crippen MR) is 143 cm³/mol. The van der Waals surface area contributed by atoms with E-state index in [0.717, 1.165) is 12.1 Å². The molecule has 10 nitrogen and oxygen atoms in total. The molecule has 39 heavy (non-hydrogen) atoms. The number of piperidine rings is 2. The van der Waals surface area contributed by atoms with E-state index in [-0.39, 0.29) is 37.0 Å². The number of carbonyl (C=O) groups excluding carboxylic acids is 2. The van der Waals surface area contributed by atoms with Gasteiger partial charge in [0.05, 0.1) is 24.8 Å². The number of nitrogens with two attached hydrogens (primary N) is 1. The molecule has 0 aromatic heterocycles. The Morgan fingerprint density at radius 1 is 1.33 bits per heavy atom. The molecule has 0 aliphatic carbocycles. The van der Waals surface area contributed by atoms with Crippen molar-refractivity contribution in [1.82, 2.24) is 25.8 Å². The number of hydrogen-bond acceptors (Lipinski definition) is 7. The summed E-state index contributed by atoms with van der Waals surface area (Å²) >= 11 is 0. The molecule has 0 aromatic carbocycles. The normalized spacial score (nSPS) is 39.2. The molecule has 0 aromatic rings. The van der Waals surface area contributed by atoms with Gasteiger partial charge in [-0.3, -0.25) is 15.0 Å². The number of rotatable bonds is 4. The van der Waals surface area contributed by atoms with Crippen molar-refractivity contribution in [3.8, 4) is 0 Å². The lowest BCUT2D eigenvalue weighted by Crippen LogP contribution is -2.68. The van der Waals surface area contributed by atoms with E-state index in [9.17, 15) is 14.0 Å². The lowest BCUT2D eigenvalue weighted by molar-refractivity contribution is -0.494. The van der Waals surface area contributed by atoms with Crippen molar-refractivity contribution in [2.45, 2.75) is 75.6 Å². The standard InChI is InChI=1S/C27H43F2N7O3/c1-5-20-26(2)10-16(28)14-34(3)19(11-26)21(23(30)33-20)24(37)32-18-13-31-12-17(29)22(18)36-8-6-27(7-9-36)15-35(4)25(38)39-27/h10,17-18,20-23,31,33H,5-9,11-15,30H2,1-4H3/p+1. The van der Waals surface area contributed by atoms with Crippen LogP contribution in [0.15, 0.2) is 11.9 Å². The minimum Gasteiger partial charge on any atom is -0.441 e. The molecule has 5 aliphatic rings. The summed E-state index contributed by atoms with van der Waals surface area (Å²) in [7, 11) is 3.53. The Morgan fingerprint density at radius 3 is 2.69 bits per heavy atom. The number of alkyl halides is 1. The highest BCUT2D eigenvalue weighted by Crippen LogP contribution is 2.38. The predicted octanol–water partition coefficient (Wildman–Crippen LogP) is 0.327. The number of fused-ring (bicyclic) bond motifs is 2. The molecule has 5 aliphatic heterocycles. The van der Waals surface area contributed by atoms with E-state index < -0.39 is 41.4 Å². The number of hydrogen-bond donors (Lipinski definition) is 4. The molecule has 218 valence electrons. The average Bonchev–Trinajstić information content (AvgIpc) is 3.00. The van der Waals surface area contributed by atoms with Crippen LogP contribution in [0.2, 0.25) is 0 Å². The van der Waals surface area contributed by atoms with Crippen molar-refractivity contribution in [2.75, 3.05) is 53.4 Å². The summed E-state index contributed by atoms with van der Waals surface area (Å²) < 4.78 is 37.8. The zero-order valence-electron chi connectivity index (χ0n) is 23.5. The maximum Gasteiger partial charge on any atom is 0.410 e. The van der Waals surface area contributed by atoms with Gasteiger partial charge in [0.15, 0.2) is 18.1 Å². The monoisotopic (exact) mass is 552 g/mol. The number of likely N-dealkylation sites (tertiary alicyclic amines) is 1. The van der Waals surface area contributed by atoms with Gasteiger partial charge >= 0.3 is 6.09 Å². The Balaban J connectivity index is 1.34. The van der Waals surface area contributed by atoms with Gasteiger partial charge in [0.1, 0.15) is 24.7 Å². The van der Waals surface area contributed by atoms with Crippen LogP contribution in [0, 0.1) is 11.3 Å². The summed E-state index contributed by atoms with van der Waals surface area (Å²) in [5.41, 5.74) is 6.37. The summed E-state index contributed by atoms with van der Waals surface area (Å²) in [5, 5.41) is 9.68. The van der Waals surface area contributed by atoms with Crippen molar-refractivity contribution in [2.24, 2.45) is 17.1 Å². The molecule has 5 heterocycles. The van der Waals surface area contributed by atoms with Crippen LogP contribution in [0.5, 0.6) is 0 Å². The smallest absolute Gasteiger partial charge is 0.410 e. The first kappa shape index (κ1) is 28.4. The molecule has 2 bridgehead atoms. The van der Waals surface area contributed by atoms with Gasteiger partial charge in [0, 0.05) is 63.9 Å². The highest BCUT2D eigenvalue weighted by Gasteiger charge is 2.51. The van der Waals surface area contributed by atoms with Gasteiger partial charge in [-0.25, -0.2) is 18.2 Å². The maximum absolute atomic E-state index is 15.5. The molecular formula is C27H44F2N7O3+. The molecule has 5 N–H and O–H groups in total. The molecule has 1 spiro atoms. The fourth-order valence-corrected chi connectivity index (χ4v) is 7.55. The second-order valence-corrected chi connectivity index (χ2v) is 12.5. The van der Waals surface area contributed by atoms with E-state index >= 15 is 4.39 Å². The quantitative estimate of drug-likeness (QED) is 0.372. The summed E-state index contributed by atoms with van der Waals surface area (Å²) in [6.07, 6.45) is 2.02. The van der Waals surface area contributed by atoms with E-state index in [1.807, 2.05) is 13.8 Å². The molecule has 12 heteroatoms. The lowest BCUT2D eigenvalue weighted by atomic mass is 9.76. The van der Waals surface area contributed by atoms with Crippen LogP contribution in [0.25, 0.3) is 0 Å². The van der Waals surface area contributed by atoms with Gasteiger partial charge < -0.3 is 26.0 Å². The van der Waals surface area contributed by atoms with Gasteiger partial charge in [-0.15, -0.1) is 0 Å². The van der Waals surface area contributed by atoms with Gasteiger partial charge in [-0.2, -0.15) is 0 Å². The largest absolute Gasteiger partial charge is 0.441 e. The fraction of sp³-hybridized carbons (Fsp3) is 0.815. The zero-order chi connectivity index (χ0) is 28.1. The zero-order valence-corrected chi connectivity index (χ0v) is 23.5. The highest BCUT2D eigenvalue weighted by molar-refractivity contribution is 6.03. The van der Waals surface area contributed by atoms with Crippen molar-refractivity contribution in [3.05, 3.63) is 11.9 Å². The molecule has 7 atom stereocenters. The van der Waals surface area contributed by atoms with E-state index in [4.69, 9.17) is 10.5 Å². The summed E-state index contributed by atoms with van der Waals surface area (Å²) in [6.45, 7) is 6.46. The van der Waals surface area contributed by atoms with Gasteiger partial charge in [0.25, 0.3) is 0 Å². The first-order valence-corrected chi connectivity index (χ1v) is 14.2. The first-order chi connectivity index (χ1) is 18.4. The van der Waals surface area contributed by atoms with E-state index in [1.54, 1.807) is 29.6 Å². The van der Waals surface area contributed by atoms with Crippen LogP contribution in [-0.2, 0) is 9.53 Å². The molecule has 5 rings (SSSR count). The van der Waals surface area contributed by atoms with Crippen molar-refractivity contribution in [1.29, 1.82) is 0 Å². The molecule has 4 saturated heterocycles. The number of nitrogens with one attached hydrogen (secondary N) is 3. The van der Waals surface area contributed by atoms with Crippen LogP contribution >= 0.6 is 0 Å². The Kier molecular flexibility index (Phi) is 7.77. The summed E-state index contributed by atoms with van der Waals surface area (Å²) in [6, 6.07) is -1.08. The number of halogens is 2. The van der Waals surface area contributed by atoms with Crippen molar-refractivity contribution in [3.63, 3.8) is 0 Å². The topological polar surface area (TPSA) is 115 Å². The second kappa shape index (κ2) is 10.7. The molecular weight excluding hydrogens is 508 g/mol. The Labute approximate surface area is 229 Å². The molecule has 0 saturated carbocycles. The minimum absolute atomic E-state index is 0.0906. The van der Waals surface area contributed by atoms with Gasteiger partial charge in [0.2, 0.25) is 5.91 Å². The van der Waals surface area contributed by atoms with Crippen molar-refractivity contribution < 1.29 is 27.7 Å². The SMILES string of the molecule is CCC1NC(N)C(C(=O)NC2CNCC(F)C2N2CCC3(CC2)CN(C)C(=O)O3)C2=[N+](C)CC(F)=CC1(C)C2. The number of amides is 2. The summed E-state index contributed by atoms with van der Waals surface area (Å²) in [5.74, 6) is -1.21. The second-order valence-electron chi connectivity index (χ2n) is 12.5. The third kappa shape index (κ3) is 5.32. The summed E-state index contributed by atoms with van der Waals surface area (Å²) in [4.78, 5) is 29.6. The third-order valence-corrected chi connectivity index (χ3v) is 9.61. The van der Waals surface area contributed by atoms with Crippen LogP contribution < -0.4 is 21.7 Å². The maximum atomic E-state index is 15.5. The van der Waals surface area contributed by atoms with Crippen LogP contribution in [0.1, 0.15) is 39.5 Å². The number of carbonyl (C=O) groups is 2. The van der Waals surface area contributed by atoms with Crippen molar-refractivity contribution >= 4 is 17.7 Å². The average molecular weight is 553 g/mol. The molecule has 4 fully saturated rings. The first-order valence-electron chi connectivity index (χ1n) is 14.2. The van der Waals surface area contributed by atoms with E-state index in [0.29, 0.717) is 45.4 Å². The Morgan fingerprint density at radius 2 is 2.05 bits per heavy atom. The van der Waals surface area contributed by atoms with Crippen LogP contribution in [0.3, 0.4) is 0 Å². The number of likely N-dealkylation sites (N-methyl/N-ethyl adjacent to an activating group) is 2. The number of nitrogens with zero attached hydrogens (tertiary/aromatic N) is 3. The van der Waals surface area contributed by atoms with Gasteiger partial charge in [-0.05, 0) is 12.5 Å². The fourth-order valence-electron chi connectivity index (χ4n) is 7.55. The van der Waals surface area contributed by atoms with Gasteiger partial charge in [-0.1, -0.05) is 13.8 Å². The lowest BCUT2D eigenvalue weighted by Gasteiger charge is -2.46. The van der Waals surface area contributed by atoms with Crippen LogP contribution in [0.4, 0.5) is 13.6 Å². The Bertz CT molecular complexity index is 1050. The Hall–Kier alpha value is -2.15. The number of ether oxygens (including phenoxy) is 1.